The fourth-order valence-corrected chi connectivity index (χ4v) is 2.78. The number of carboxylic acid groups (broad SMARTS) is 1. The van der Waals surface area contributed by atoms with Gasteiger partial charge in [-0.2, -0.15) is 12.7 Å². The first-order chi connectivity index (χ1) is 8.65. The molecule has 1 aromatic carbocycles. The van der Waals surface area contributed by atoms with E-state index in [4.69, 9.17) is 5.11 Å². The maximum absolute atomic E-state index is 12.0. The summed E-state index contributed by atoms with van der Waals surface area (Å²) in [5.41, 5.74) is -0.0849. The summed E-state index contributed by atoms with van der Waals surface area (Å²) < 4.78 is 28.1. The van der Waals surface area contributed by atoms with Crippen molar-refractivity contribution < 1.29 is 18.3 Å². The van der Waals surface area contributed by atoms with E-state index in [1.54, 1.807) is 13.8 Å². The number of carbonyl (C=O) groups is 1. The van der Waals surface area contributed by atoms with E-state index in [0.717, 1.165) is 4.31 Å². The summed E-state index contributed by atoms with van der Waals surface area (Å²) in [4.78, 5) is 11.1. The molecule has 106 valence electrons. The zero-order chi connectivity index (χ0) is 14.8. The van der Waals surface area contributed by atoms with E-state index in [1.165, 1.54) is 25.2 Å². The van der Waals surface area contributed by atoms with Crippen molar-refractivity contribution in [1.82, 2.24) is 4.31 Å². The minimum absolute atomic E-state index is 0.0226. The van der Waals surface area contributed by atoms with Crippen LogP contribution >= 0.6 is 15.9 Å². The highest BCUT2D eigenvalue weighted by atomic mass is 79.9. The van der Waals surface area contributed by atoms with Crippen LogP contribution in [0.25, 0.3) is 0 Å². The molecule has 0 bridgehead atoms. The van der Waals surface area contributed by atoms with E-state index in [2.05, 4.69) is 20.7 Å². The van der Waals surface area contributed by atoms with Crippen molar-refractivity contribution in [3.05, 3.63) is 28.2 Å². The van der Waals surface area contributed by atoms with Crippen LogP contribution in [0.1, 0.15) is 24.2 Å². The van der Waals surface area contributed by atoms with Gasteiger partial charge in [0.05, 0.1) is 11.3 Å². The van der Waals surface area contributed by atoms with Crippen LogP contribution in [0.4, 0.5) is 5.69 Å². The Morgan fingerprint density at radius 3 is 2.47 bits per heavy atom. The van der Waals surface area contributed by atoms with E-state index < -0.39 is 16.2 Å². The second-order valence-electron chi connectivity index (χ2n) is 4.21. The summed E-state index contributed by atoms with van der Waals surface area (Å²) in [5, 5.41) is 9.04. The lowest BCUT2D eigenvalue weighted by molar-refractivity contribution is 0.0698. The second kappa shape index (κ2) is 5.89. The Hall–Kier alpha value is -1.12. The Balaban J connectivity index is 3.19. The third-order valence-electron chi connectivity index (χ3n) is 2.56. The molecule has 6 nitrogen and oxygen atoms in total. The molecule has 0 amide bonds. The molecule has 0 aromatic heterocycles. The van der Waals surface area contributed by atoms with Crippen molar-refractivity contribution in [1.29, 1.82) is 0 Å². The van der Waals surface area contributed by atoms with E-state index >= 15 is 0 Å². The number of halogens is 1. The number of carboxylic acids is 1. The average Bonchev–Trinajstić information content (AvgIpc) is 2.26. The smallest absolute Gasteiger partial charge is 0.337 e. The summed E-state index contributed by atoms with van der Waals surface area (Å²) in [7, 11) is -2.36. The van der Waals surface area contributed by atoms with Gasteiger partial charge in [-0.05, 0) is 32.0 Å². The monoisotopic (exact) mass is 350 g/mol. The topological polar surface area (TPSA) is 86.7 Å². The van der Waals surface area contributed by atoms with Gasteiger partial charge in [0.2, 0.25) is 0 Å². The van der Waals surface area contributed by atoms with Gasteiger partial charge in [0.25, 0.3) is 0 Å². The number of hydrogen-bond acceptors (Lipinski definition) is 3. The molecule has 0 unspecified atom stereocenters. The number of nitrogens with zero attached hydrogens (tertiary/aromatic N) is 1. The summed E-state index contributed by atoms with van der Waals surface area (Å²) in [6.45, 7) is 3.44. The van der Waals surface area contributed by atoms with E-state index in [0.29, 0.717) is 4.47 Å². The molecular formula is C11H15BrN2O4S. The van der Waals surface area contributed by atoms with Gasteiger partial charge in [0, 0.05) is 17.6 Å². The van der Waals surface area contributed by atoms with Gasteiger partial charge in [-0.25, -0.2) is 4.79 Å². The van der Waals surface area contributed by atoms with Crippen LogP contribution in [0.3, 0.4) is 0 Å². The highest BCUT2D eigenvalue weighted by Gasteiger charge is 2.22. The molecule has 19 heavy (non-hydrogen) atoms. The van der Waals surface area contributed by atoms with Crippen LogP contribution in [0.2, 0.25) is 0 Å². The normalized spacial score (nSPS) is 11.9. The zero-order valence-electron chi connectivity index (χ0n) is 10.7. The van der Waals surface area contributed by atoms with Gasteiger partial charge in [-0.1, -0.05) is 15.9 Å². The molecule has 2 N–H and O–H groups in total. The van der Waals surface area contributed by atoms with Crippen molar-refractivity contribution in [3.63, 3.8) is 0 Å². The maximum Gasteiger partial charge on any atom is 0.337 e. The standard InChI is InChI=1S/C11H15BrN2O4S/c1-7(2)14(3)19(17,18)13-10-6-8(12)4-5-9(10)11(15)16/h4-7,13H,1-3H3,(H,15,16). The molecule has 0 spiro atoms. The number of nitrogens with one attached hydrogen (secondary N) is 1. The minimum Gasteiger partial charge on any atom is -0.478 e. The highest BCUT2D eigenvalue weighted by Crippen LogP contribution is 2.23. The first-order valence-electron chi connectivity index (χ1n) is 5.43. The fraction of sp³-hybridized carbons (Fsp3) is 0.364. The number of rotatable bonds is 5. The Bertz CT molecular complexity index is 586. The van der Waals surface area contributed by atoms with Crippen molar-refractivity contribution in [2.45, 2.75) is 19.9 Å². The summed E-state index contributed by atoms with van der Waals surface area (Å²) in [6, 6.07) is 4.04. The van der Waals surface area contributed by atoms with Crippen LogP contribution in [0.15, 0.2) is 22.7 Å². The Kier molecular flexibility index (Phi) is 4.94. The number of benzene rings is 1. The molecule has 0 aliphatic heterocycles. The van der Waals surface area contributed by atoms with Gasteiger partial charge in [-0.15, -0.1) is 0 Å². The minimum atomic E-state index is -3.79. The van der Waals surface area contributed by atoms with Crippen molar-refractivity contribution in [2.75, 3.05) is 11.8 Å². The van der Waals surface area contributed by atoms with E-state index in [1.807, 2.05) is 0 Å². The maximum atomic E-state index is 12.0. The molecule has 1 aromatic rings. The van der Waals surface area contributed by atoms with Crippen LogP contribution in [-0.4, -0.2) is 36.9 Å². The van der Waals surface area contributed by atoms with Gasteiger partial charge >= 0.3 is 16.2 Å². The molecule has 0 saturated heterocycles. The lowest BCUT2D eigenvalue weighted by Crippen LogP contribution is -2.37. The second-order valence-corrected chi connectivity index (χ2v) is 6.86. The third-order valence-corrected chi connectivity index (χ3v) is 4.71. The summed E-state index contributed by atoms with van der Waals surface area (Å²) >= 11 is 3.18. The molecule has 8 heteroatoms. The van der Waals surface area contributed by atoms with Crippen LogP contribution in [0, 0.1) is 0 Å². The van der Waals surface area contributed by atoms with E-state index in [9.17, 15) is 13.2 Å². The first kappa shape index (κ1) is 15.9. The molecule has 0 heterocycles. The fourth-order valence-electron chi connectivity index (χ4n) is 1.28. The van der Waals surface area contributed by atoms with Crippen LogP contribution in [0.5, 0.6) is 0 Å². The molecule has 0 atom stereocenters. The van der Waals surface area contributed by atoms with E-state index in [-0.39, 0.29) is 17.3 Å². The molecule has 0 aliphatic carbocycles. The van der Waals surface area contributed by atoms with Gasteiger partial charge in [-0.3, -0.25) is 4.72 Å². The van der Waals surface area contributed by atoms with Crippen LogP contribution < -0.4 is 4.72 Å². The first-order valence-corrected chi connectivity index (χ1v) is 7.67. The number of anilines is 1. The Morgan fingerprint density at radius 1 is 1.42 bits per heavy atom. The molecule has 0 fully saturated rings. The quantitative estimate of drug-likeness (QED) is 0.851. The predicted octanol–water partition coefficient (Wildman–Crippen LogP) is 2.14. The Morgan fingerprint density at radius 2 is 2.00 bits per heavy atom. The molecule has 0 radical (unpaired) electrons. The number of hydrogen-bond donors (Lipinski definition) is 2. The molecule has 1 rings (SSSR count). The SMILES string of the molecule is CC(C)N(C)S(=O)(=O)Nc1cc(Br)ccc1C(=O)O. The largest absolute Gasteiger partial charge is 0.478 e. The molecule has 0 saturated carbocycles. The van der Waals surface area contributed by atoms with Crippen molar-refractivity contribution >= 4 is 37.8 Å². The Labute approximate surface area is 120 Å². The molecule has 0 aliphatic rings. The molecular weight excluding hydrogens is 336 g/mol. The summed E-state index contributed by atoms with van der Waals surface area (Å²) in [6.07, 6.45) is 0. The van der Waals surface area contributed by atoms with Crippen molar-refractivity contribution in [3.8, 4) is 0 Å². The zero-order valence-corrected chi connectivity index (χ0v) is 13.1. The lowest BCUT2D eigenvalue weighted by Gasteiger charge is -2.22. The highest BCUT2D eigenvalue weighted by molar-refractivity contribution is 9.10. The van der Waals surface area contributed by atoms with Gasteiger partial charge in [0.1, 0.15) is 0 Å². The van der Waals surface area contributed by atoms with Gasteiger partial charge < -0.3 is 5.11 Å². The third kappa shape index (κ3) is 3.92. The van der Waals surface area contributed by atoms with Crippen LogP contribution in [-0.2, 0) is 10.2 Å². The summed E-state index contributed by atoms with van der Waals surface area (Å²) in [5.74, 6) is -1.20. The number of aromatic carboxylic acids is 1. The lowest BCUT2D eigenvalue weighted by atomic mass is 10.2. The average molecular weight is 351 g/mol. The van der Waals surface area contributed by atoms with Crippen molar-refractivity contribution in [2.24, 2.45) is 0 Å². The van der Waals surface area contributed by atoms with Gasteiger partial charge in [0.15, 0.2) is 0 Å². The predicted molar refractivity (Wildman–Crippen MR) is 76.5 cm³/mol.